The predicted molar refractivity (Wildman–Crippen MR) is 79.1 cm³/mol. The lowest BCUT2D eigenvalue weighted by Gasteiger charge is -2.24. The van der Waals surface area contributed by atoms with Crippen molar-refractivity contribution in [3.8, 4) is 0 Å². The van der Waals surface area contributed by atoms with Gasteiger partial charge in [-0.1, -0.05) is 18.2 Å². The van der Waals surface area contributed by atoms with Gasteiger partial charge in [-0.25, -0.2) is 4.79 Å². The monoisotopic (exact) mass is 321 g/mol. The van der Waals surface area contributed by atoms with Crippen LogP contribution in [0, 0.1) is 0 Å². The zero-order valence-electron chi connectivity index (χ0n) is 11.9. The third kappa shape index (κ3) is 2.07. The van der Waals surface area contributed by atoms with Crippen molar-refractivity contribution in [2.24, 2.45) is 0 Å². The Labute approximate surface area is 127 Å². The number of fused-ring (bicyclic) bond motifs is 1. The highest BCUT2D eigenvalue weighted by atomic mass is 32.2. The summed E-state index contributed by atoms with van der Waals surface area (Å²) in [4.78, 5) is 11.5. The summed E-state index contributed by atoms with van der Waals surface area (Å²) in [5.74, 6) is -1.16. The van der Waals surface area contributed by atoms with Crippen LogP contribution >= 0.6 is 0 Å². The molecule has 1 aliphatic heterocycles. The van der Waals surface area contributed by atoms with Gasteiger partial charge in [-0.2, -0.15) is 13.5 Å². The first-order chi connectivity index (χ1) is 10.5. The number of hydrogen-bond donors (Lipinski definition) is 1. The van der Waals surface area contributed by atoms with E-state index in [0.29, 0.717) is 17.8 Å². The van der Waals surface area contributed by atoms with Gasteiger partial charge in [0, 0.05) is 13.0 Å². The van der Waals surface area contributed by atoms with Crippen LogP contribution in [-0.4, -0.2) is 35.3 Å². The van der Waals surface area contributed by atoms with Gasteiger partial charge < -0.3 is 5.11 Å². The van der Waals surface area contributed by atoms with Crippen LogP contribution in [0.1, 0.15) is 12.5 Å². The smallest absolute Gasteiger partial charge is 0.327 e. The van der Waals surface area contributed by atoms with Gasteiger partial charge in [-0.3, -0.25) is 8.99 Å². The third-order valence-electron chi connectivity index (χ3n) is 3.71. The van der Waals surface area contributed by atoms with Crippen LogP contribution < -0.4 is 4.31 Å². The number of anilines is 1. The largest absolute Gasteiger partial charge is 0.480 e. The van der Waals surface area contributed by atoms with Gasteiger partial charge in [-0.05, 0) is 24.6 Å². The van der Waals surface area contributed by atoms with Crippen molar-refractivity contribution in [3.05, 3.63) is 42.1 Å². The Balaban J connectivity index is 2.17. The summed E-state index contributed by atoms with van der Waals surface area (Å²) in [6, 6.07) is 7.09. The summed E-state index contributed by atoms with van der Waals surface area (Å²) < 4.78 is 28.2. The first-order valence-corrected chi connectivity index (χ1v) is 8.27. The molecule has 0 aliphatic carbocycles. The van der Waals surface area contributed by atoms with E-state index in [1.54, 1.807) is 31.2 Å². The minimum Gasteiger partial charge on any atom is -0.480 e. The summed E-state index contributed by atoms with van der Waals surface area (Å²) in [7, 11) is -3.99. The minimum atomic E-state index is -3.99. The number of para-hydroxylation sites is 1. The van der Waals surface area contributed by atoms with Crippen molar-refractivity contribution >= 4 is 21.7 Å². The highest BCUT2D eigenvalue weighted by Gasteiger charge is 2.43. The highest BCUT2D eigenvalue weighted by molar-refractivity contribution is 7.92. The number of carbonyl (C=O) groups is 1. The van der Waals surface area contributed by atoms with Crippen molar-refractivity contribution in [1.29, 1.82) is 0 Å². The van der Waals surface area contributed by atoms with Gasteiger partial charge in [-0.15, -0.1) is 0 Å². The van der Waals surface area contributed by atoms with Crippen LogP contribution in [0.3, 0.4) is 0 Å². The molecule has 2 heterocycles. The average Bonchev–Trinajstić information content (AvgIpc) is 3.11. The highest BCUT2D eigenvalue weighted by Crippen LogP contribution is 2.36. The molecule has 0 saturated carbocycles. The molecule has 8 heteroatoms. The number of aliphatic carboxylic acids is 1. The lowest BCUT2D eigenvalue weighted by Crippen LogP contribution is -2.43. The summed E-state index contributed by atoms with van der Waals surface area (Å²) in [6.45, 7) is 2.16. The van der Waals surface area contributed by atoms with Crippen molar-refractivity contribution in [2.75, 3.05) is 4.31 Å². The van der Waals surface area contributed by atoms with E-state index in [9.17, 15) is 18.3 Å². The first-order valence-electron chi connectivity index (χ1n) is 6.83. The second kappa shape index (κ2) is 5.13. The van der Waals surface area contributed by atoms with Crippen LogP contribution in [0.25, 0.3) is 0 Å². The molecule has 0 bridgehead atoms. The SMILES string of the molecule is CCn1nccc1S(=O)(=O)N1c2ccccc2CC1C(=O)O. The topological polar surface area (TPSA) is 92.5 Å². The molecule has 1 aromatic carbocycles. The van der Waals surface area contributed by atoms with Crippen LogP contribution in [0.15, 0.2) is 41.6 Å². The van der Waals surface area contributed by atoms with E-state index in [2.05, 4.69) is 5.10 Å². The fourth-order valence-corrected chi connectivity index (χ4v) is 4.53. The molecule has 1 aromatic heterocycles. The molecule has 0 spiro atoms. The number of aryl methyl sites for hydroxylation is 1. The van der Waals surface area contributed by atoms with Crippen LogP contribution in [0.5, 0.6) is 0 Å². The fraction of sp³-hybridized carbons (Fsp3) is 0.286. The number of carboxylic acid groups (broad SMARTS) is 1. The van der Waals surface area contributed by atoms with Crippen LogP contribution in [0.4, 0.5) is 5.69 Å². The molecular weight excluding hydrogens is 306 g/mol. The maximum atomic E-state index is 13.0. The molecule has 2 aromatic rings. The number of carboxylic acids is 1. The summed E-state index contributed by atoms with van der Waals surface area (Å²) >= 11 is 0. The van der Waals surface area contributed by atoms with Gasteiger partial charge >= 0.3 is 5.97 Å². The Kier molecular flexibility index (Phi) is 3.40. The summed E-state index contributed by atoms with van der Waals surface area (Å²) in [5, 5.41) is 13.4. The standard InChI is InChI=1S/C14H15N3O4S/c1-2-16-13(7-8-15-16)22(20,21)17-11-6-4-3-5-10(11)9-12(17)14(18)19/h3-8,12H,2,9H2,1H3,(H,18,19). The maximum Gasteiger partial charge on any atom is 0.327 e. The van der Waals surface area contributed by atoms with E-state index in [0.717, 1.165) is 4.31 Å². The lowest BCUT2D eigenvalue weighted by atomic mass is 10.1. The van der Waals surface area contributed by atoms with E-state index in [-0.39, 0.29) is 11.4 Å². The summed E-state index contributed by atoms with van der Waals surface area (Å²) in [6.07, 6.45) is 1.55. The van der Waals surface area contributed by atoms with Crippen LogP contribution in [0.2, 0.25) is 0 Å². The van der Waals surface area contributed by atoms with E-state index >= 15 is 0 Å². The van der Waals surface area contributed by atoms with Crippen molar-refractivity contribution in [1.82, 2.24) is 9.78 Å². The Morgan fingerprint density at radius 1 is 1.36 bits per heavy atom. The van der Waals surface area contributed by atoms with E-state index in [4.69, 9.17) is 0 Å². The molecule has 0 saturated heterocycles. The first kappa shape index (κ1) is 14.6. The predicted octanol–water partition coefficient (Wildman–Crippen LogP) is 1.11. The molecule has 22 heavy (non-hydrogen) atoms. The number of rotatable bonds is 4. The number of hydrogen-bond acceptors (Lipinski definition) is 4. The Hall–Kier alpha value is -2.35. The summed E-state index contributed by atoms with van der Waals surface area (Å²) in [5.41, 5.74) is 1.12. The van der Waals surface area contributed by atoms with Gasteiger partial charge in [0.2, 0.25) is 0 Å². The quantitative estimate of drug-likeness (QED) is 0.910. The number of nitrogens with zero attached hydrogens (tertiary/aromatic N) is 3. The van der Waals surface area contributed by atoms with Crippen molar-refractivity contribution in [2.45, 2.75) is 31.0 Å². The lowest BCUT2D eigenvalue weighted by molar-refractivity contribution is -0.138. The van der Waals surface area contributed by atoms with E-state index in [1.165, 1.54) is 16.9 Å². The molecule has 0 amide bonds. The zero-order chi connectivity index (χ0) is 15.9. The van der Waals surface area contributed by atoms with Crippen LogP contribution in [-0.2, 0) is 27.8 Å². The third-order valence-corrected chi connectivity index (χ3v) is 5.56. The number of benzene rings is 1. The Bertz CT molecular complexity index is 828. The second-order valence-electron chi connectivity index (χ2n) is 4.97. The fourth-order valence-electron chi connectivity index (χ4n) is 2.72. The molecule has 1 unspecified atom stereocenters. The average molecular weight is 321 g/mol. The molecule has 0 radical (unpaired) electrons. The van der Waals surface area contributed by atoms with Gasteiger partial charge in [0.25, 0.3) is 10.0 Å². The molecule has 7 nitrogen and oxygen atoms in total. The van der Waals surface area contributed by atoms with Crippen molar-refractivity contribution < 1.29 is 18.3 Å². The Morgan fingerprint density at radius 2 is 2.09 bits per heavy atom. The number of aromatic nitrogens is 2. The van der Waals surface area contributed by atoms with Crippen molar-refractivity contribution in [3.63, 3.8) is 0 Å². The normalized spacial score (nSPS) is 17.5. The van der Waals surface area contributed by atoms with Gasteiger partial charge in [0.15, 0.2) is 5.03 Å². The maximum absolute atomic E-state index is 13.0. The van der Waals surface area contributed by atoms with Gasteiger partial charge in [0.1, 0.15) is 6.04 Å². The molecule has 1 atom stereocenters. The molecule has 3 rings (SSSR count). The minimum absolute atomic E-state index is 0.00190. The number of sulfonamides is 1. The van der Waals surface area contributed by atoms with E-state index < -0.39 is 22.0 Å². The molecule has 0 fully saturated rings. The zero-order valence-corrected chi connectivity index (χ0v) is 12.7. The van der Waals surface area contributed by atoms with E-state index in [1.807, 2.05) is 0 Å². The Morgan fingerprint density at radius 3 is 2.77 bits per heavy atom. The molecule has 1 N–H and O–H groups in total. The molecular formula is C14H15N3O4S. The molecule has 1 aliphatic rings. The van der Waals surface area contributed by atoms with Gasteiger partial charge in [0.05, 0.1) is 11.9 Å². The second-order valence-corrected chi connectivity index (χ2v) is 6.73. The molecule has 116 valence electrons.